The Hall–Kier alpha value is -1.55. The average molecular weight is 205 g/mol. The van der Waals surface area contributed by atoms with Crippen LogP contribution in [0.5, 0.6) is 0 Å². The molecule has 0 spiro atoms. The number of amides is 1. The third kappa shape index (κ3) is 2.27. The van der Waals surface area contributed by atoms with Gasteiger partial charge in [0, 0.05) is 18.3 Å². The topological polar surface area (TPSA) is 67.2 Å². The van der Waals surface area contributed by atoms with Crippen molar-refractivity contribution in [2.45, 2.75) is 12.5 Å². The van der Waals surface area contributed by atoms with Crippen LogP contribution in [0.3, 0.4) is 0 Å². The lowest BCUT2D eigenvalue weighted by Gasteiger charge is -2.14. The van der Waals surface area contributed by atoms with Gasteiger partial charge in [0.15, 0.2) is 0 Å². The first-order valence-electron chi connectivity index (χ1n) is 5.13. The number of carbonyl (C=O) groups is 1. The normalized spacial score (nSPS) is 20.1. The van der Waals surface area contributed by atoms with E-state index in [0.29, 0.717) is 11.6 Å². The maximum Gasteiger partial charge on any atom is 0.250 e. The van der Waals surface area contributed by atoms with Crippen molar-refractivity contribution >= 4 is 11.6 Å². The highest BCUT2D eigenvalue weighted by atomic mass is 16.1. The van der Waals surface area contributed by atoms with E-state index < -0.39 is 0 Å². The van der Waals surface area contributed by atoms with Crippen molar-refractivity contribution in [2.24, 2.45) is 5.73 Å². The molecule has 1 atom stereocenters. The van der Waals surface area contributed by atoms with E-state index in [0.717, 1.165) is 25.2 Å². The molecule has 4 nitrogen and oxygen atoms in total. The number of hydrogen-bond acceptors (Lipinski definition) is 3. The van der Waals surface area contributed by atoms with Gasteiger partial charge in [-0.1, -0.05) is 12.1 Å². The van der Waals surface area contributed by atoms with Gasteiger partial charge >= 0.3 is 0 Å². The zero-order valence-corrected chi connectivity index (χ0v) is 8.49. The second kappa shape index (κ2) is 4.31. The summed E-state index contributed by atoms with van der Waals surface area (Å²) in [6.07, 6.45) is 1.08. The van der Waals surface area contributed by atoms with E-state index in [1.54, 1.807) is 6.07 Å². The van der Waals surface area contributed by atoms with Crippen molar-refractivity contribution in [1.82, 2.24) is 5.32 Å². The number of benzene rings is 1. The van der Waals surface area contributed by atoms with E-state index in [-0.39, 0.29) is 5.91 Å². The minimum absolute atomic E-state index is 0.385. The van der Waals surface area contributed by atoms with Gasteiger partial charge in [0.2, 0.25) is 0 Å². The summed E-state index contributed by atoms with van der Waals surface area (Å²) in [7, 11) is 0. The molecule has 1 aromatic carbocycles. The molecule has 1 fully saturated rings. The van der Waals surface area contributed by atoms with Gasteiger partial charge in [-0.2, -0.15) is 0 Å². The van der Waals surface area contributed by atoms with Crippen molar-refractivity contribution in [1.29, 1.82) is 0 Å². The lowest BCUT2D eigenvalue weighted by atomic mass is 10.1. The van der Waals surface area contributed by atoms with E-state index in [2.05, 4.69) is 10.6 Å². The third-order valence-corrected chi connectivity index (χ3v) is 2.61. The lowest BCUT2D eigenvalue weighted by molar-refractivity contribution is 0.100. The molecule has 15 heavy (non-hydrogen) atoms. The fourth-order valence-corrected chi connectivity index (χ4v) is 1.82. The summed E-state index contributed by atoms with van der Waals surface area (Å²) in [5.41, 5.74) is 6.69. The van der Waals surface area contributed by atoms with Gasteiger partial charge in [0.1, 0.15) is 0 Å². The van der Waals surface area contributed by atoms with Crippen molar-refractivity contribution < 1.29 is 4.79 Å². The maximum atomic E-state index is 11.2. The van der Waals surface area contributed by atoms with Gasteiger partial charge in [-0.05, 0) is 25.1 Å². The lowest BCUT2D eigenvalue weighted by Crippen LogP contribution is -2.24. The molecule has 1 aliphatic heterocycles. The summed E-state index contributed by atoms with van der Waals surface area (Å²) < 4.78 is 0. The molecule has 4 N–H and O–H groups in total. The highest BCUT2D eigenvalue weighted by Gasteiger charge is 2.16. The first-order chi connectivity index (χ1) is 7.27. The van der Waals surface area contributed by atoms with Crippen molar-refractivity contribution in [3.05, 3.63) is 29.8 Å². The Labute approximate surface area is 88.9 Å². The van der Waals surface area contributed by atoms with Crippen LogP contribution in [0.2, 0.25) is 0 Å². The Morgan fingerprint density at radius 2 is 2.27 bits per heavy atom. The van der Waals surface area contributed by atoms with Crippen molar-refractivity contribution in [3.63, 3.8) is 0 Å². The molecule has 80 valence electrons. The molecular weight excluding hydrogens is 190 g/mol. The predicted molar refractivity (Wildman–Crippen MR) is 59.9 cm³/mol. The summed E-state index contributed by atoms with van der Waals surface area (Å²) in [5, 5.41) is 6.59. The number of nitrogens with two attached hydrogens (primary N) is 1. The van der Waals surface area contributed by atoms with Crippen LogP contribution in [0.4, 0.5) is 5.69 Å². The summed E-state index contributed by atoms with van der Waals surface area (Å²) in [6.45, 7) is 1.96. The molecular formula is C11H15N3O. The average Bonchev–Trinajstić information content (AvgIpc) is 2.71. The molecule has 1 aliphatic rings. The Morgan fingerprint density at radius 3 is 2.93 bits per heavy atom. The maximum absolute atomic E-state index is 11.2. The summed E-state index contributed by atoms with van der Waals surface area (Å²) >= 11 is 0. The van der Waals surface area contributed by atoms with E-state index in [9.17, 15) is 4.79 Å². The van der Waals surface area contributed by atoms with E-state index in [1.165, 1.54) is 0 Å². The number of para-hydroxylation sites is 1. The zero-order chi connectivity index (χ0) is 10.7. The van der Waals surface area contributed by atoms with Crippen LogP contribution >= 0.6 is 0 Å². The van der Waals surface area contributed by atoms with Crippen molar-refractivity contribution in [3.8, 4) is 0 Å². The van der Waals surface area contributed by atoms with Gasteiger partial charge in [0.25, 0.3) is 5.91 Å². The Kier molecular flexibility index (Phi) is 2.87. The molecule has 1 heterocycles. The minimum atomic E-state index is -0.385. The molecule has 0 aromatic heterocycles. The SMILES string of the molecule is NC(=O)c1ccccc1NC1CCNC1. The largest absolute Gasteiger partial charge is 0.380 e. The second-order valence-corrected chi connectivity index (χ2v) is 3.74. The monoisotopic (exact) mass is 205 g/mol. The first kappa shape index (κ1) is 9.98. The van der Waals surface area contributed by atoms with Crippen LogP contribution in [0, 0.1) is 0 Å². The molecule has 1 unspecified atom stereocenters. The molecule has 0 aliphatic carbocycles. The molecule has 1 aromatic rings. The fourth-order valence-electron chi connectivity index (χ4n) is 1.82. The van der Waals surface area contributed by atoms with Crippen LogP contribution in [0.25, 0.3) is 0 Å². The highest BCUT2D eigenvalue weighted by Crippen LogP contribution is 2.16. The van der Waals surface area contributed by atoms with E-state index in [4.69, 9.17) is 5.73 Å². The van der Waals surface area contributed by atoms with Gasteiger partial charge in [-0.15, -0.1) is 0 Å². The van der Waals surface area contributed by atoms with Gasteiger partial charge in [-0.25, -0.2) is 0 Å². The number of primary amides is 1. The minimum Gasteiger partial charge on any atom is -0.380 e. The van der Waals surface area contributed by atoms with Crippen LogP contribution in [0.1, 0.15) is 16.8 Å². The van der Waals surface area contributed by atoms with Crippen LogP contribution in [-0.4, -0.2) is 25.0 Å². The summed E-state index contributed by atoms with van der Waals surface area (Å²) in [4.78, 5) is 11.2. The number of anilines is 1. The zero-order valence-electron chi connectivity index (χ0n) is 8.49. The van der Waals surface area contributed by atoms with Crippen LogP contribution in [0.15, 0.2) is 24.3 Å². The molecule has 1 saturated heterocycles. The molecule has 2 rings (SSSR count). The smallest absolute Gasteiger partial charge is 0.250 e. The number of rotatable bonds is 3. The standard InChI is InChI=1S/C11H15N3O/c12-11(15)9-3-1-2-4-10(9)14-8-5-6-13-7-8/h1-4,8,13-14H,5-7H2,(H2,12,15). The van der Waals surface area contributed by atoms with Crippen molar-refractivity contribution in [2.75, 3.05) is 18.4 Å². The first-order valence-corrected chi connectivity index (χ1v) is 5.13. The predicted octanol–water partition coefficient (Wildman–Crippen LogP) is 0.559. The quantitative estimate of drug-likeness (QED) is 0.675. The van der Waals surface area contributed by atoms with Gasteiger partial charge in [0.05, 0.1) is 5.56 Å². The van der Waals surface area contributed by atoms with Gasteiger partial charge in [-0.3, -0.25) is 4.79 Å². The second-order valence-electron chi connectivity index (χ2n) is 3.74. The van der Waals surface area contributed by atoms with E-state index in [1.807, 2.05) is 18.2 Å². The number of carbonyl (C=O) groups excluding carboxylic acids is 1. The van der Waals surface area contributed by atoms with Crippen LogP contribution < -0.4 is 16.4 Å². The Morgan fingerprint density at radius 1 is 1.47 bits per heavy atom. The number of hydrogen-bond donors (Lipinski definition) is 3. The molecule has 4 heteroatoms. The summed E-state index contributed by atoms with van der Waals surface area (Å²) in [5.74, 6) is -0.385. The summed E-state index contributed by atoms with van der Waals surface area (Å²) in [6, 6.07) is 7.74. The molecule has 0 radical (unpaired) electrons. The van der Waals surface area contributed by atoms with Crippen LogP contribution in [-0.2, 0) is 0 Å². The fraction of sp³-hybridized carbons (Fsp3) is 0.364. The van der Waals surface area contributed by atoms with E-state index >= 15 is 0 Å². The third-order valence-electron chi connectivity index (χ3n) is 2.61. The Balaban J connectivity index is 2.15. The number of nitrogens with one attached hydrogen (secondary N) is 2. The Bertz CT molecular complexity index is 359. The molecule has 0 bridgehead atoms. The molecule has 0 saturated carbocycles. The molecule has 1 amide bonds. The van der Waals surface area contributed by atoms with Gasteiger partial charge < -0.3 is 16.4 Å². The highest BCUT2D eigenvalue weighted by molar-refractivity contribution is 5.98.